The Morgan fingerprint density at radius 3 is 2.47 bits per heavy atom. The third-order valence-corrected chi connectivity index (χ3v) is 6.46. The summed E-state index contributed by atoms with van der Waals surface area (Å²) < 4.78 is 16.6. The average molecular weight is 439 g/mol. The Hall–Kier alpha value is -2.90. The van der Waals surface area contributed by atoms with E-state index in [2.05, 4.69) is 31.4 Å². The van der Waals surface area contributed by atoms with Crippen LogP contribution in [0.25, 0.3) is 21.5 Å². The molecule has 30 heavy (non-hydrogen) atoms. The molecule has 0 aliphatic carbocycles. The Morgan fingerprint density at radius 1 is 1.00 bits per heavy atom. The summed E-state index contributed by atoms with van der Waals surface area (Å²) in [5.41, 5.74) is 5.22. The first-order valence-corrected chi connectivity index (χ1v) is 10.7. The van der Waals surface area contributed by atoms with Gasteiger partial charge in [0, 0.05) is 23.7 Å². The van der Waals surface area contributed by atoms with E-state index in [1.54, 1.807) is 20.5 Å². The molecule has 0 radical (unpaired) electrons. The summed E-state index contributed by atoms with van der Waals surface area (Å²) in [6.45, 7) is 1.61. The van der Waals surface area contributed by atoms with E-state index in [1.807, 2.05) is 24.3 Å². The van der Waals surface area contributed by atoms with Crippen molar-refractivity contribution in [2.45, 2.75) is 13.0 Å². The van der Waals surface area contributed by atoms with Gasteiger partial charge in [-0.3, -0.25) is 0 Å². The van der Waals surface area contributed by atoms with Crippen molar-refractivity contribution in [1.82, 2.24) is 14.3 Å². The number of hydrogen-bond donors (Lipinski definition) is 0. The largest absolute Gasteiger partial charge is 0.493 e. The number of benzene rings is 2. The molecule has 0 atom stereocenters. The van der Waals surface area contributed by atoms with Crippen molar-refractivity contribution in [2.75, 3.05) is 25.7 Å². The van der Waals surface area contributed by atoms with E-state index in [4.69, 9.17) is 21.1 Å². The van der Waals surface area contributed by atoms with Gasteiger partial charge in [-0.15, -0.1) is 0 Å². The lowest BCUT2D eigenvalue weighted by Gasteiger charge is -2.30. The van der Waals surface area contributed by atoms with E-state index < -0.39 is 0 Å². The molecule has 5 rings (SSSR count). The molecule has 2 aromatic heterocycles. The first kappa shape index (κ1) is 19.1. The van der Waals surface area contributed by atoms with E-state index in [0.717, 1.165) is 58.3 Å². The number of anilines is 1. The molecule has 0 saturated carbocycles. The minimum atomic E-state index is 0.702. The Morgan fingerprint density at radius 2 is 1.73 bits per heavy atom. The van der Waals surface area contributed by atoms with Gasteiger partial charge in [-0.2, -0.15) is 4.37 Å². The van der Waals surface area contributed by atoms with Gasteiger partial charge >= 0.3 is 0 Å². The molecule has 152 valence electrons. The fraction of sp³-hybridized carbons (Fsp3) is 0.227. The molecule has 8 heteroatoms. The molecule has 0 bridgehead atoms. The van der Waals surface area contributed by atoms with Crippen LogP contribution in [0.1, 0.15) is 11.1 Å². The maximum absolute atomic E-state index is 6.03. The molecule has 4 aromatic rings. The summed E-state index contributed by atoms with van der Waals surface area (Å²) in [7, 11) is 3.33. The van der Waals surface area contributed by atoms with Crippen LogP contribution >= 0.6 is 23.1 Å². The van der Waals surface area contributed by atoms with Crippen molar-refractivity contribution in [1.29, 1.82) is 0 Å². The molecule has 0 fully saturated rings. The second kappa shape index (κ2) is 7.74. The lowest BCUT2D eigenvalue weighted by atomic mass is 9.98. The number of halogens is 1. The zero-order valence-corrected chi connectivity index (χ0v) is 18.1. The SMILES string of the molecule is COc1cc2c(cc1OC)CN(c1ncnc3c(-c4ccc(Cl)cc4)nsc13)CC2. The van der Waals surface area contributed by atoms with Gasteiger partial charge in [0.1, 0.15) is 22.2 Å². The number of nitrogens with zero attached hydrogens (tertiary/aromatic N) is 4. The zero-order chi connectivity index (χ0) is 20.7. The maximum atomic E-state index is 6.03. The molecule has 0 N–H and O–H groups in total. The monoisotopic (exact) mass is 438 g/mol. The van der Waals surface area contributed by atoms with Crippen molar-refractivity contribution < 1.29 is 9.47 Å². The van der Waals surface area contributed by atoms with Crippen LogP contribution in [0.15, 0.2) is 42.7 Å². The molecule has 0 amide bonds. The highest BCUT2D eigenvalue weighted by atomic mass is 35.5. The standard InChI is InChI=1S/C22H19ClN4O2S/c1-28-17-9-14-7-8-27(11-15(14)10-18(17)29-2)22-21-20(24-12-25-22)19(26-30-21)13-3-5-16(23)6-4-13/h3-6,9-10,12H,7-8,11H2,1-2H3. The van der Waals surface area contributed by atoms with Crippen molar-refractivity contribution in [3.8, 4) is 22.8 Å². The van der Waals surface area contributed by atoms with Crippen LogP contribution in [-0.2, 0) is 13.0 Å². The van der Waals surface area contributed by atoms with Crippen LogP contribution in [0, 0.1) is 0 Å². The molecule has 0 unspecified atom stereocenters. The number of aromatic nitrogens is 3. The predicted octanol–water partition coefficient (Wildman–Crippen LogP) is 4.99. The van der Waals surface area contributed by atoms with Crippen molar-refractivity contribution in [3.05, 3.63) is 58.9 Å². The molecule has 3 heterocycles. The van der Waals surface area contributed by atoms with E-state index in [1.165, 1.54) is 22.7 Å². The highest BCUT2D eigenvalue weighted by Crippen LogP contribution is 2.38. The smallest absolute Gasteiger partial charge is 0.161 e. The highest BCUT2D eigenvalue weighted by molar-refractivity contribution is 7.14. The molecule has 1 aliphatic heterocycles. The highest BCUT2D eigenvalue weighted by Gasteiger charge is 2.24. The van der Waals surface area contributed by atoms with Crippen LogP contribution < -0.4 is 14.4 Å². The van der Waals surface area contributed by atoms with Crippen molar-refractivity contribution in [3.63, 3.8) is 0 Å². The molecular formula is C22H19ClN4O2S. The summed E-state index contributed by atoms with van der Waals surface area (Å²) in [4.78, 5) is 11.4. The number of ether oxygens (including phenoxy) is 2. The normalized spacial score (nSPS) is 13.4. The number of rotatable bonds is 4. The van der Waals surface area contributed by atoms with Gasteiger partial charge in [0.2, 0.25) is 0 Å². The van der Waals surface area contributed by atoms with Gasteiger partial charge in [-0.25, -0.2) is 9.97 Å². The van der Waals surface area contributed by atoms with E-state index in [-0.39, 0.29) is 0 Å². The van der Waals surface area contributed by atoms with Gasteiger partial charge < -0.3 is 14.4 Å². The van der Waals surface area contributed by atoms with Gasteiger partial charge in [0.15, 0.2) is 17.3 Å². The first-order valence-electron chi connectivity index (χ1n) is 9.53. The number of methoxy groups -OCH3 is 2. The fourth-order valence-electron chi connectivity index (χ4n) is 3.84. The van der Waals surface area contributed by atoms with Gasteiger partial charge in [0.25, 0.3) is 0 Å². The average Bonchev–Trinajstić information content (AvgIpc) is 3.22. The maximum Gasteiger partial charge on any atom is 0.161 e. The lowest BCUT2D eigenvalue weighted by molar-refractivity contribution is 0.353. The van der Waals surface area contributed by atoms with E-state index >= 15 is 0 Å². The molecule has 2 aromatic carbocycles. The second-order valence-corrected chi connectivity index (χ2v) is 8.27. The lowest BCUT2D eigenvalue weighted by Crippen LogP contribution is -2.31. The Kier molecular flexibility index (Phi) is 4.92. The van der Waals surface area contributed by atoms with Crippen LogP contribution in [0.2, 0.25) is 5.02 Å². The minimum absolute atomic E-state index is 0.702. The second-order valence-electron chi connectivity index (χ2n) is 7.06. The molecule has 6 nitrogen and oxygen atoms in total. The summed E-state index contributed by atoms with van der Waals surface area (Å²) in [6, 6.07) is 11.8. The zero-order valence-electron chi connectivity index (χ0n) is 16.6. The fourth-order valence-corrected chi connectivity index (χ4v) is 4.84. The summed E-state index contributed by atoms with van der Waals surface area (Å²) in [5.74, 6) is 2.43. The van der Waals surface area contributed by atoms with Gasteiger partial charge in [-0.1, -0.05) is 23.7 Å². The molecule has 0 saturated heterocycles. The third-order valence-electron chi connectivity index (χ3n) is 5.37. The van der Waals surface area contributed by atoms with E-state index in [0.29, 0.717) is 5.02 Å². The van der Waals surface area contributed by atoms with Crippen molar-refractivity contribution >= 4 is 39.2 Å². The predicted molar refractivity (Wildman–Crippen MR) is 120 cm³/mol. The Bertz CT molecular complexity index is 1230. The molecule has 1 aliphatic rings. The Labute approximate surface area is 183 Å². The molecule has 0 spiro atoms. The van der Waals surface area contributed by atoms with Crippen LogP contribution in [0.5, 0.6) is 11.5 Å². The quantitative estimate of drug-likeness (QED) is 0.447. The van der Waals surface area contributed by atoms with Crippen molar-refractivity contribution in [2.24, 2.45) is 0 Å². The molecular weight excluding hydrogens is 420 g/mol. The van der Waals surface area contributed by atoms with Gasteiger partial charge in [0.05, 0.1) is 14.2 Å². The third kappa shape index (κ3) is 3.24. The van der Waals surface area contributed by atoms with Gasteiger partial charge in [-0.05, 0) is 53.3 Å². The van der Waals surface area contributed by atoms with Crippen LogP contribution in [-0.4, -0.2) is 35.1 Å². The summed E-state index contributed by atoms with van der Waals surface area (Å²) in [5, 5.41) is 0.702. The number of fused-ring (bicyclic) bond motifs is 2. The van der Waals surface area contributed by atoms with Crippen LogP contribution in [0.3, 0.4) is 0 Å². The minimum Gasteiger partial charge on any atom is -0.493 e. The Balaban J connectivity index is 1.52. The number of hydrogen-bond acceptors (Lipinski definition) is 7. The van der Waals surface area contributed by atoms with E-state index in [9.17, 15) is 0 Å². The topological polar surface area (TPSA) is 60.4 Å². The summed E-state index contributed by atoms with van der Waals surface area (Å²) in [6.07, 6.45) is 2.53. The first-order chi connectivity index (χ1) is 14.7. The van der Waals surface area contributed by atoms with Crippen LogP contribution in [0.4, 0.5) is 5.82 Å². The summed E-state index contributed by atoms with van der Waals surface area (Å²) >= 11 is 7.47.